The standard InChI is InChI=1S/C23H27N3O3/c1-29-21-12-10-18(11-13-21)24-17-6-8-19(9-7-17)25-23(28)16-14-22(27)26(15-16)20-4-2-3-5-20/h6-13,16,20,24H,2-5,14-15H2,1H3,(H,25,28)/t16-/m0/s1. The first-order chi connectivity index (χ1) is 14.1. The Bertz CT molecular complexity index is 858. The van der Waals surface area contributed by atoms with Crippen molar-refractivity contribution in [3.63, 3.8) is 0 Å². The van der Waals surface area contributed by atoms with Crippen LogP contribution in [-0.4, -0.2) is 36.4 Å². The molecule has 2 N–H and O–H groups in total. The molecule has 1 saturated carbocycles. The molecule has 1 heterocycles. The Kier molecular flexibility index (Phi) is 5.69. The zero-order valence-corrected chi connectivity index (χ0v) is 16.7. The maximum absolute atomic E-state index is 12.6. The van der Waals surface area contributed by atoms with E-state index in [2.05, 4.69) is 10.6 Å². The molecule has 2 aromatic rings. The first kappa shape index (κ1) is 19.3. The first-order valence-corrected chi connectivity index (χ1v) is 10.2. The van der Waals surface area contributed by atoms with Crippen LogP contribution in [0.5, 0.6) is 5.75 Å². The fraction of sp³-hybridized carbons (Fsp3) is 0.391. The fourth-order valence-electron chi connectivity index (χ4n) is 4.20. The van der Waals surface area contributed by atoms with Gasteiger partial charge in [-0.2, -0.15) is 0 Å². The van der Waals surface area contributed by atoms with E-state index in [9.17, 15) is 9.59 Å². The molecular formula is C23H27N3O3. The molecule has 1 saturated heterocycles. The second-order valence-corrected chi connectivity index (χ2v) is 7.81. The van der Waals surface area contributed by atoms with Gasteiger partial charge in [-0.1, -0.05) is 12.8 Å². The largest absolute Gasteiger partial charge is 0.497 e. The lowest BCUT2D eigenvalue weighted by Crippen LogP contribution is -2.35. The maximum atomic E-state index is 12.6. The van der Waals surface area contributed by atoms with Crippen molar-refractivity contribution in [2.24, 2.45) is 5.92 Å². The molecule has 1 atom stereocenters. The van der Waals surface area contributed by atoms with E-state index in [0.29, 0.717) is 19.0 Å². The van der Waals surface area contributed by atoms with Crippen molar-refractivity contribution in [1.29, 1.82) is 0 Å². The quantitative estimate of drug-likeness (QED) is 0.773. The van der Waals surface area contributed by atoms with Crippen LogP contribution in [0.4, 0.5) is 17.1 Å². The monoisotopic (exact) mass is 393 g/mol. The third-order valence-electron chi connectivity index (χ3n) is 5.83. The Labute approximate surface area is 171 Å². The van der Waals surface area contributed by atoms with Crippen LogP contribution in [0.2, 0.25) is 0 Å². The van der Waals surface area contributed by atoms with E-state index in [-0.39, 0.29) is 17.7 Å². The highest BCUT2D eigenvalue weighted by atomic mass is 16.5. The van der Waals surface area contributed by atoms with Crippen molar-refractivity contribution in [3.05, 3.63) is 48.5 Å². The van der Waals surface area contributed by atoms with E-state index in [1.54, 1.807) is 7.11 Å². The number of hydrogen-bond donors (Lipinski definition) is 2. The third-order valence-corrected chi connectivity index (χ3v) is 5.83. The zero-order chi connectivity index (χ0) is 20.2. The van der Waals surface area contributed by atoms with Gasteiger partial charge in [0, 0.05) is 36.1 Å². The summed E-state index contributed by atoms with van der Waals surface area (Å²) in [7, 11) is 1.64. The maximum Gasteiger partial charge on any atom is 0.229 e. The summed E-state index contributed by atoms with van der Waals surface area (Å²) in [6, 6.07) is 15.6. The summed E-state index contributed by atoms with van der Waals surface area (Å²) in [5.74, 6) is 0.594. The molecule has 6 heteroatoms. The average molecular weight is 393 g/mol. The molecule has 0 aromatic heterocycles. The third kappa shape index (κ3) is 4.53. The summed E-state index contributed by atoms with van der Waals surface area (Å²) < 4.78 is 5.16. The van der Waals surface area contributed by atoms with Crippen LogP contribution in [0.3, 0.4) is 0 Å². The van der Waals surface area contributed by atoms with Gasteiger partial charge in [0.05, 0.1) is 13.0 Å². The van der Waals surface area contributed by atoms with Crippen LogP contribution >= 0.6 is 0 Å². The summed E-state index contributed by atoms with van der Waals surface area (Å²) >= 11 is 0. The van der Waals surface area contributed by atoms with Crippen molar-refractivity contribution in [2.45, 2.75) is 38.1 Å². The first-order valence-electron chi connectivity index (χ1n) is 10.2. The lowest BCUT2D eigenvalue weighted by atomic mass is 10.1. The zero-order valence-electron chi connectivity index (χ0n) is 16.7. The summed E-state index contributed by atoms with van der Waals surface area (Å²) in [5, 5.41) is 6.27. The average Bonchev–Trinajstić information content (AvgIpc) is 3.39. The van der Waals surface area contributed by atoms with Crippen LogP contribution in [-0.2, 0) is 9.59 Å². The second kappa shape index (κ2) is 8.55. The lowest BCUT2D eigenvalue weighted by Gasteiger charge is -2.23. The molecule has 2 fully saturated rings. The van der Waals surface area contributed by atoms with Crippen LogP contribution in [0, 0.1) is 5.92 Å². The highest BCUT2D eigenvalue weighted by Gasteiger charge is 2.38. The van der Waals surface area contributed by atoms with E-state index in [1.165, 1.54) is 12.8 Å². The number of nitrogens with zero attached hydrogens (tertiary/aromatic N) is 1. The molecule has 152 valence electrons. The molecule has 0 radical (unpaired) electrons. The molecule has 4 rings (SSSR count). The topological polar surface area (TPSA) is 70.7 Å². The number of likely N-dealkylation sites (tertiary alicyclic amines) is 1. The van der Waals surface area contributed by atoms with Gasteiger partial charge < -0.3 is 20.3 Å². The van der Waals surface area contributed by atoms with Gasteiger partial charge in [-0.15, -0.1) is 0 Å². The van der Waals surface area contributed by atoms with Crippen molar-refractivity contribution in [3.8, 4) is 5.75 Å². The Hall–Kier alpha value is -3.02. The number of methoxy groups -OCH3 is 1. The number of amides is 2. The molecular weight excluding hydrogens is 366 g/mol. The molecule has 0 unspecified atom stereocenters. The predicted molar refractivity (Wildman–Crippen MR) is 113 cm³/mol. The second-order valence-electron chi connectivity index (χ2n) is 7.81. The number of carbonyl (C=O) groups excluding carboxylic acids is 2. The smallest absolute Gasteiger partial charge is 0.229 e. The Morgan fingerprint density at radius 1 is 0.966 bits per heavy atom. The van der Waals surface area contributed by atoms with Gasteiger partial charge in [0.1, 0.15) is 5.75 Å². The molecule has 1 aliphatic carbocycles. The number of ether oxygens (including phenoxy) is 1. The van der Waals surface area contributed by atoms with Gasteiger partial charge >= 0.3 is 0 Å². The van der Waals surface area contributed by atoms with Gasteiger partial charge in [-0.05, 0) is 61.4 Å². The summed E-state index contributed by atoms with van der Waals surface area (Å²) in [5.41, 5.74) is 2.62. The molecule has 2 aromatic carbocycles. The van der Waals surface area contributed by atoms with Gasteiger partial charge in [0.25, 0.3) is 0 Å². The van der Waals surface area contributed by atoms with Crippen molar-refractivity contribution in [2.75, 3.05) is 24.3 Å². The predicted octanol–water partition coefficient (Wildman–Crippen LogP) is 4.17. The molecule has 6 nitrogen and oxygen atoms in total. The van der Waals surface area contributed by atoms with Crippen molar-refractivity contribution >= 4 is 28.9 Å². The summed E-state index contributed by atoms with van der Waals surface area (Å²) in [6.45, 7) is 0.548. The highest BCUT2D eigenvalue weighted by molar-refractivity contribution is 5.97. The SMILES string of the molecule is COc1ccc(Nc2ccc(NC(=O)[C@H]3CC(=O)N(C4CCCC4)C3)cc2)cc1. The van der Waals surface area contributed by atoms with E-state index in [1.807, 2.05) is 53.4 Å². The lowest BCUT2D eigenvalue weighted by molar-refractivity contribution is -0.129. The molecule has 0 spiro atoms. The van der Waals surface area contributed by atoms with Crippen LogP contribution in [0.1, 0.15) is 32.1 Å². The van der Waals surface area contributed by atoms with Crippen LogP contribution in [0.15, 0.2) is 48.5 Å². The fourth-order valence-corrected chi connectivity index (χ4v) is 4.20. The van der Waals surface area contributed by atoms with Gasteiger partial charge in [0.15, 0.2) is 0 Å². The van der Waals surface area contributed by atoms with E-state index in [0.717, 1.165) is 35.7 Å². The molecule has 0 bridgehead atoms. The van der Waals surface area contributed by atoms with Crippen molar-refractivity contribution < 1.29 is 14.3 Å². The van der Waals surface area contributed by atoms with E-state index < -0.39 is 0 Å². The normalized spacial score (nSPS) is 19.4. The highest BCUT2D eigenvalue weighted by Crippen LogP contribution is 2.30. The molecule has 2 aliphatic rings. The van der Waals surface area contributed by atoms with E-state index in [4.69, 9.17) is 4.74 Å². The Morgan fingerprint density at radius 3 is 2.17 bits per heavy atom. The van der Waals surface area contributed by atoms with Gasteiger partial charge in [-0.25, -0.2) is 0 Å². The number of anilines is 3. The summed E-state index contributed by atoms with van der Waals surface area (Å²) in [4.78, 5) is 26.9. The Balaban J connectivity index is 1.32. The molecule has 29 heavy (non-hydrogen) atoms. The van der Waals surface area contributed by atoms with E-state index >= 15 is 0 Å². The number of carbonyl (C=O) groups is 2. The minimum absolute atomic E-state index is 0.0743. The number of benzene rings is 2. The van der Waals surface area contributed by atoms with Crippen LogP contribution < -0.4 is 15.4 Å². The molecule has 2 amide bonds. The minimum Gasteiger partial charge on any atom is -0.497 e. The minimum atomic E-state index is -0.264. The van der Waals surface area contributed by atoms with Crippen molar-refractivity contribution in [1.82, 2.24) is 4.90 Å². The Morgan fingerprint density at radius 2 is 1.55 bits per heavy atom. The number of hydrogen-bond acceptors (Lipinski definition) is 4. The van der Waals surface area contributed by atoms with Crippen LogP contribution in [0.25, 0.3) is 0 Å². The number of nitrogens with one attached hydrogen (secondary N) is 2. The molecule has 1 aliphatic heterocycles. The number of rotatable bonds is 6. The van der Waals surface area contributed by atoms with Gasteiger partial charge in [0.2, 0.25) is 11.8 Å². The summed E-state index contributed by atoms with van der Waals surface area (Å²) in [6.07, 6.45) is 4.83. The van der Waals surface area contributed by atoms with Gasteiger partial charge in [-0.3, -0.25) is 9.59 Å².